The lowest BCUT2D eigenvalue weighted by Crippen LogP contribution is -2.26. The SMILES string of the molecule is O=C(O)CCNS(=O)(=O)c1nc(-c2ccccc2)ns1. The van der Waals surface area contributed by atoms with E-state index in [0.29, 0.717) is 5.82 Å². The van der Waals surface area contributed by atoms with Crippen molar-refractivity contribution in [2.75, 3.05) is 6.54 Å². The molecule has 106 valence electrons. The van der Waals surface area contributed by atoms with Gasteiger partial charge in [0.05, 0.1) is 6.42 Å². The van der Waals surface area contributed by atoms with Crippen molar-refractivity contribution in [1.82, 2.24) is 14.1 Å². The van der Waals surface area contributed by atoms with Gasteiger partial charge in [-0.05, 0) is 11.5 Å². The number of nitrogens with zero attached hydrogens (tertiary/aromatic N) is 2. The molecule has 0 atom stereocenters. The Kier molecular flexibility index (Phi) is 4.42. The van der Waals surface area contributed by atoms with E-state index < -0.39 is 16.0 Å². The summed E-state index contributed by atoms with van der Waals surface area (Å²) in [7, 11) is -3.81. The number of carboxylic acids is 1. The standard InChI is InChI=1S/C11H11N3O4S2/c15-9(16)6-7-12-20(17,18)11-13-10(14-19-11)8-4-2-1-3-5-8/h1-5,12H,6-7H2,(H,15,16). The lowest BCUT2D eigenvalue weighted by atomic mass is 10.2. The van der Waals surface area contributed by atoms with Crippen LogP contribution in [0.2, 0.25) is 0 Å². The highest BCUT2D eigenvalue weighted by Gasteiger charge is 2.20. The number of sulfonamides is 1. The van der Waals surface area contributed by atoms with Crippen molar-refractivity contribution in [3.05, 3.63) is 30.3 Å². The van der Waals surface area contributed by atoms with Crippen LogP contribution in [0.5, 0.6) is 0 Å². The van der Waals surface area contributed by atoms with Crippen LogP contribution >= 0.6 is 11.5 Å². The van der Waals surface area contributed by atoms with Gasteiger partial charge in [-0.3, -0.25) is 4.79 Å². The summed E-state index contributed by atoms with van der Waals surface area (Å²) in [5, 5.41) is 8.47. The van der Waals surface area contributed by atoms with Crippen molar-refractivity contribution in [2.24, 2.45) is 0 Å². The number of carbonyl (C=O) groups is 1. The summed E-state index contributed by atoms with van der Waals surface area (Å²) in [6.45, 7) is -0.183. The second-order valence-electron chi connectivity index (χ2n) is 3.79. The number of hydrogen-bond acceptors (Lipinski definition) is 6. The second kappa shape index (κ2) is 6.07. The van der Waals surface area contributed by atoms with Gasteiger partial charge in [0, 0.05) is 12.1 Å². The van der Waals surface area contributed by atoms with Crippen LogP contribution in [-0.4, -0.2) is 35.4 Å². The third-order valence-corrected chi connectivity index (χ3v) is 4.83. The van der Waals surface area contributed by atoms with Crippen molar-refractivity contribution < 1.29 is 18.3 Å². The maximum absolute atomic E-state index is 11.9. The highest BCUT2D eigenvalue weighted by molar-refractivity contribution is 7.91. The molecule has 1 heterocycles. The van der Waals surface area contributed by atoms with Gasteiger partial charge in [-0.2, -0.15) is 4.37 Å². The summed E-state index contributed by atoms with van der Waals surface area (Å²) in [6.07, 6.45) is -0.288. The smallest absolute Gasteiger partial charge is 0.304 e. The second-order valence-corrected chi connectivity index (χ2v) is 6.48. The van der Waals surface area contributed by atoms with Gasteiger partial charge >= 0.3 is 5.97 Å². The Morgan fingerprint density at radius 3 is 2.65 bits per heavy atom. The average Bonchev–Trinajstić information content (AvgIpc) is 2.89. The first kappa shape index (κ1) is 14.6. The van der Waals surface area contributed by atoms with Gasteiger partial charge in [-0.15, -0.1) is 0 Å². The van der Waals surface area contributed by atoms with Crippen LogP contribution in [0.15, 0.2) is 34.7 Å². The summed E-state index contributed by atoms with van der Waals surface area (Å²) in [5.41, 5.74) is 0.718. The number of carboxylic acid groups (broad SMARTS) is 1. The highest BCUT2D eigenvalue weighted by atomic mass is 32.2. The first-order valence-electron chi connectivity index (χ1n) is 5.59. The highest BCUT2D eigenvalue weighted by Crippen LogP contribution is 2.20. The van der Waals surface area contributed by atoms with Crippen molar-refractivity contribution in [1.29, 1.82) is 0 Å². The van der Waals surface area contributed by atoms with Crippen molar-refractivity contribution >= 4 is 27.5 Å². The van der Waals surface area contributed by atoms with E-state index in [1.807, 2.05) is 6.07 Å². The number of aliphatic carboxylic acids is 1. The van der Waals surface area contributed by atoms with E-state index >= 15 is 0 Å². The molecule has 2 rings (SSSR count). The minimum Gasteiger partial charge on any atom is -0.481 e. The van der Waals surface area contributed by atoms with Gasteiger partial charge in [-0.1, -0.05) is 30.3 Å². The number of rotatable bonds is 6. The predicted octanol–water partition coefficient (Wildman–Crippen LogP) is 0.958. The van der Waals surface area contributed by atoms with Gasteiger partial charge < -0.3 is 5.11 Å². The molecule has 2 N–H and O–H groups in total. The zero-order valence-electron chi connectivity index (χ0n) is 10.2. The Morgan fingerprint density at radius 1 is 1.30 bits per heavy atom. The quantitative estimate of drug-likeness (QED) is 0.822. The molecular formula is C11H11N3O4S2. The van der Waals surface area contributed by atoms with Gasteiger partial charge in [0.15, 0.2) is 5.82 Å². The largest absolute Gasteiger partial charge is 0.481 e. The lowest BCUT2D eigenvalue weighted by molar-refractivity contribution is -0.136. The Morgan fingerprint density at radius 2 is 2.00 bits per heavy atom. The van der Waals surface area contributed by atoms with Crippen LogP contribution in [0, 0.1) is 0 Å². The number of aromatic nitrogens is 2. The third kappa shape index (κ3) is 3.59. The van der Waals surface area contributed by atoms with E-state index in [1.165, 1.54) is 0 Å². The minimum atomic E-state index is -3.81. The molecule has 0 unspecified atom stereocenters. The Balaban J connectivity index is 2.14. The molecule has 0 aliphatic rings. The summed E-state index contributed by atoms with van der Waals surface area (Å²) in [5.74, 6) is -0.746. The monoisotopic (exact) mass is 313 g/mol. The molecule has 0 saturated carbocycles. The zero-order chi connectivity index (χ0) is 14.6. The number of benzene rings is 1. The first-order valence-corrected chi connectivity index (χ1v) is 7.85. The summed E-state index contributed by atoms with van der Waals surface area (Å²) in [4.78, 5) is 14.3. The molecule has 20 heavy (non-hydrogen) atoms. The van der Waals surface area contributed by atoms with Crippen LogP contribution < -0.4 is 4.72 Å². The van der Waals surface area contributed by atoms with E-state index in [4.69, 9.17) is 5.11 Å². The fourth-order valence-electron chi connectivity index (χ4n) is 1.38. The molecule has 0 aliphatic carbocycles. The molecule has 2 aromatic rings. The van der Waals surface area contributed by atoms with Crippen LogP contribution in [0.3, 0.4) is 0 Å². The molecule has 7 nitrogen and oxygen atoms in total. The average molecular weight is 313 g/mol. The van der Waals surface area contributed by atoms with Crippen LogP contribution in [-0.2, 0) is 14.8 Å². The molecule has 9 heteroatoms. The lowest BCUT2D eigenvalue weighted by Gasteiger charge is -2.00. The normalized spacial score (nSPS) is 11.4. The van der Waals surface area contributed by atoms with E-state index in [-0.39, 0.29) is 17.3 Å². The Bertz CT molecular complexity index is 697. The summed E-state index contributed by atoms with van der Waals surface area (Å²) < 4.78 is 29.7. The third-order valence-electron chi connectivity index (χ3n) is 2.30. The molecule has 0 amide bonds. The number of hydrogen-bond donors (Lipinski definition) is 2. The molecule has 1 aromatic heterocycles. The van der Waals surface area contributed by atoms with Gasteiger partial charge in [-0.25, -0.2) is 18.1 Å². The molecule has 0 radical (unpaired) electrons. The van der Waals surface area contributed by atoms with Crippen LogP contribution in [0.4, 0.5) is 0 Å². The molecule has 0 fully saturated rings. The molecular weight excluding hydrogens is 302 g/mol. The van der Waals surface area contributed by atoms with Gasteiger partial charge in [0.25, 0.3) is 10.0 Å². The van der Waals surface area contributed by atoms with E-state index in [1.54, 1.807) is 24.3 Å². The topological polar surface area (TPSA) is 109 Å². The predicted molar refractivity (Wildman–Crippen MR) is 72.8 cm³/mol. The van der Waals surface area contributed by atoms with Gasteiger partial charge in [0.2, 0.25) is 4.34 Å². The fraction of sp³-hybridized carbons (Fsp3) is 0.182. The Hall–Kier alpha value is -1.84. The fourth-order valence-corrected chi connectivity index (χ4v) is 3.20. The molecule has 0 aliphatic heterocycles. The van der Waals surface area contributed by atoms with Crippen molar-refractivity contribution in [3.8, 4) is 11.4 Å². The summed E-state index contributed by atoms with van der Waals surface area (Å²) >= 11 is 0.751. The van der Waals surface area contributed by atoms with E-state index in [2.05, 4.69) is 14.1 Å². The maximum atomic E-state index is 11.9. The molecule has 0 spiro atoms. The van der Waals surface area contributed by atoms with E-state index in [0.717, 1.165) is 17.1 Å². The van der Waals surface area contributed by atoms with Crippen molar-refractivity contribution in [2.45, 2.75) is 10.8 Å². The zero-order valence-corrected chi connectivity index (χ0v) is 11.8. The van der Waals surface area contributed by atoms with Crippen LogP contribution in [0.1, 0.15) is 6.42 Å². The molecule has 1 aromatic carbocycles. The molecule has 0 saturated heterocycles. The minimum absolute atomic E-state index is 0.179. The Labute approximate surface area is 119 Å². The van der Waals surface area contributed by atoms with Crippen molar-refractivity contribution in [3.63, 3.8) is 0 Å². The summed E-state index contributed by atoms with van der Waals surface area (Å²) in [6, 6.07) is 8.99. The first-order chi connectivity index (χ1) is 9.49. The maximum Gasteiger partial charge on any atom is 0.304 e. The number of nitrogens with one attached hydrogen (secondary N) is 1. The van der Waals surface area contributed by atoms with Gasteiger partial charge in [0.1, 0.15) is 0 Å². The molecule has 0 bridgehead atoms. The van der Waals surface area contributed by atoms with E-state index in [9.17, 15) is 13.2 Å². The van der Waals surface area contributed by atoms with Crippen LogP contribution in [0.25, 0.3) is 11.4 Å².